The topological polar surface area (TPSA) is 62.4 Å². The molecule has 4 nitrogen and oxygen atoms in total. The second kappa shape index (κ2) is 6.14. The van der Waals surface area contributed by atoms with E-state index in [1.54, 1.807) is 7.05 Å². The minimum atomic E-state index is 0.536. The molecule has 1 fully saturated rings. The molecule has 0 saturated heterocycles. The summed E-state index contributed by atoms with van der Waals surface area (Å²) in [4.78, 5) is 4.00. The fraction of sp³-hybridized carbons (Fsp3) is 0.889. The van der Waals surface area contributed by atoms with Crippen molar-refractivity contribution in [2.45, 2.75) is 37.5 Å². The lowest BCUT2D eigenvalue weighted by molar-refractivity contribution is 0.617. The van der Waals surface area contributed by atoms with Crippen molar-refractivity contribution in [1.29, 1.82) is 0 Å². The summed E-state index contributed by atoms with van der Waals surface area (Å²) in [6, 6.07) is 0.536. The van der Waals surface area contributed by atoms with Crippen LogP contribution in [0.1, 0.15) is 26.2 Å². The lowest BCUT2D eigenvalue weighted by Crippen LogP contribution is -2.45. The summed E-state index contributed by atoms with van der Waals surface area (Å²) >= 11 is 2.05. The summed E-state index contributed by atoms with van der Waals surface area (Å²) in [6.45, 7) is 2.21. The molecule has 2 unspecified atom stereocenters. The van der Waals surface area contributed by atoms with Gasteiger partial charge in [-0.15, -0.1) is 0 Å². The number of aliphatic imine (C=N–C) groups is 1. The molecule has 1 rings (SSSR count). The molecule has 2 atom stereocenters. The Bertz CT molecular complexity index is 195. The number of rotatable bonds is 3. The summed E-state index contributed by atoms with van der Waals surface area (Å²) in [5.41, 5.74) is 2.56. The number of thioether (sulfide) groups is 1. The molecule has 0 spiro atoms. The van der Waals surface area contributed by atoms with Gasteiger partial charge in [0, 0.05) is 18.3 Å². The molecule has 5 heteroatoms. The van der Waals surface area contributed by atoms with Crippen molar-refractivity contribution >= 4 is 17.7 Å². The molecule has 0 aromatic rings. The van der Waals surface area contributed by atoms with Crippen molar-refractivity contribution in [3.63, 3.8) is 0 Å². The van der Waals surface area contributed by atoms with Crippen LogP contribution in [0.25, 0.3) is 0 Å². The second-order valence-electron chi connectivity index (χ2n) is 3.45. The van der Waals surface area contributed by atoms with Crippen LogP contribution >= 0.6 is 11.8 Å². The van der Waals surface area contributed by atoms with Gasteiger partial charge in [0.25, 0.3) is 0 Å². The molecule has 0 aromatic carbocycles. The van der Waals surface area contributed by atoms with Crippen LogP contribution in [-0.2, 0) is 0 Å². The third-order valence-corrected chi connectivity index (χ3v) is 3.72. The van der Waals surface area contributed by atoms with E-state index in [1.165, 1.54) is 25.0 Å². The van der Waals surface area contributed by atoms with Gasteiger partial charge in [-0.1, -0.05) is 6.92 Å². The number of nitrogens with two attached hydrogens (primary N) is 1. The first-order valence-corrected chi connectivity index (χ1v) is 6.16. The summed E-state index contributed by atoms with van der Waals surface area (Å²) in [5.74, 6) is 7.21. The fourth-order valence-electron chi connectivity index (χ4n) is 1.82. The summed E-state index contributed by atoms with van der Waals surface area (Å²) in [5, 5.41) is 4.12. The maximum atomic E-state index is 5.31. The Hall–Kier alpha value is -0.420. The van der Waals surface area contributed by atoms with Gasteiger partial charge < -0.3 is 5.32 Å². The molecule has 14 heavy (non-hydrogen) atoms. The highest BCUT2D eigenvalue weighted by atomic mass is 32.2. The van der Waals surface area contributed by atoms with Gasteiger partial charge in [-0.3, -0.25) is 10.4 Å². The average Bonchev–Trinajstić information content (AvgIpc) is 2.63. The van der Waals surface area contributed by atoms with Crippen LogP contribution in [0.15, 0.2) is 4.99 Å². The molecule has 0 aromatic heterocycles. The van der Waals surface area contributed by atoms with Crippen LogP contribution in [0.5, 0.6) is 0 Å². The minimum Gasteiger partial charge on any atom is -0.353 e. The Morgan fingerprint density at radius 3 is 2.93 bits per heavy atom. The maximum absolute atomic E-state index is 5.31. The third-order valence-electron chi connectivity index (χ3n) is 2.49. The summed E-state index contributed by atoms with van der Waals surface area (Å²) < 4.78 is 0. The van der Waals surface area contributed by atoms with Crippen molar-refractivity contribution in [1.82, 2.24) is 10.7 Å². The Balaban J connectivity index is 2.28. The normalized spacial score (nSPS) is 27.8. The molecule has 0 amide bonds. The predicted octanol–water partition coefficient (Wildman–Crippen LogP) is 0.699. The molecule has 4 N–H and O–H groups in total. The average molecular weight is 216 g/mol. The monoisotopic (exact) mass is 216 g/mol. The van der Waals surface area contributed by atoms with Crippen LogP contribution in [0.4, 0.5) is 0 Å². The van der Waals surface area contributed by atoms with Gasteiger partial charge in [0.05, 0.1) is 0 Å². The molecule has 0 bridgehead atoms. The molecule has 0 aliphatic heterocycles. The van der Waals surface area contributed by atoms with Gasteiger partial charge in [-0.2, -0.15) is 11.8 Å². The van der Waals surface area contributed by atoms with Gasteiger partial charge in [-0.05, 0) is 25.0 Å². The maximum Gasteiger partial charge on any atom is 0.205 e. The van der Waals surface area contributed by atoms with Crippen LogP contribution in [-0.4, -0.2) is 30.1 Å². The molecule has 1 aliphatic rings. The first-order chi connectivity index (χ1) is 6.80. The van der Waals surface area contributed by atoms with Gasteiger partial charge in [0.1, 0.15) is 0 Å². The number of hydrogen-bond acceptors (Lipinski definition) is 3. The van der Waals surface area contributed by atoms with E-state index in [1.807, 2.05) is 0 Å². The largest absolute Gasteiger partial charge is 0.353 e. The smallest absolute Gasteiger partial charge is 0.205 e. The van der Waals surface area contributed by atoms with Crippen molar-refractivity contribution in [2.75, 3.05) is 12.8 Å². The summed E-state index contributed by atoms with van der Waals surface area (Å²) in [6.07, 6.45) is 3.75. The number of nitrogens with one attached hydrogen (secondary N) is 2. The minimum absolute atomic E-state index is 0.536. The second-order valence-corrected chi connectivity index (χ2v) is 5.03. The lowest BCUT2D eigenvalue weighted by Gasteiger charge is -2.15. The van der Waals surface area contributed by atoms with E-state index in [0.717, 1.165) is 5.25 Å². The zero-order valence-corrected chi connectivity index (χ0v) is 9.73. The number of hydrazine groups is 1. The van der Waals surface area contributed by atoms with E-state index in [2.05, 4.69) is 34.4 Å². The molecule has 0 heterocycles. The van der Waals surface area contributed by atoms with Crippen molar-refractivity contribution in [3.05, 3.63) is 0 Å². The molecule has 82 valence electrons. The lowest BCUT2D eigenvalue weighted by atomic mass is 10.2. The van der Waals surface area contributed by atoms with Gasteiger partial charge in [0.15, 0.2) is 0 Å². The van der Waals surface area contributed by atoms with Gasteiger partial charge >= 0.3 is 0 Å². The van der Waals surface area contributed by atoms with Gasteiger partial charge in [-0.25, -0.2) is 5.84 Å². The molecule has 1 saturated carbocycles. The number of guanidine groups is 1. The Morgan fingerprint density at radius 1 is 1.57 bits per heavy atom. The van der Waals surface area contributed by atoms with Crippen LogP contribution in [0, 0.1) is 0 Å². The van der Waals surface area contributed by atoms with Crippen molar-refractivity contribution in [2.24, 2.45) is 10.8 Å². The van der Waals surface area contributed by atoms with Crippen molar-refractivity contribution < 1.29 is 0 Å². The highest BCUT2D eigenvalue weighted by molar-refractivity contribution is 7.99. The van der Waals surface area contributed by atoms with E-state index in [0.29, 0.717) is 12.0 Å². The third kappa shape index (κ3) is 3.38. The highest BCUT2D eigenvalue weighted by Crippen LogP contribution is 2.29. The first kappa shape index (κ1) is 11.7. The van der Waals surface area contributed by atoms with E-state index in [9.17, 15) is 0 Å². The standard InChI is InChI=1S/C9H20N4S/c1-3-14-8-5-4-7(6-8)12-9(11-2)13-10/h7-8H,3-6,10H2,1-2H3,(H2,11,12,13). The molecular formula is C9H20N4S. The zero-order valence-electron chi connectivity index (χ0n) is 8.92. The zero-order chi connectivity index (χ0) is 10.4. The number of nitrogens with zero attached hydrogens (tertiary/aromatic N) is 1. The Kier molecular flexibility index (Phi) is 5.11. The van der Waals surface area contributed by atoms with Gasteiger partial charge in [0.2, 0.25) is 5.96 Å². The van der Waals surface area contributed by atoms with Crippen LogP contribution < -0.4 is 16.6 Å². The summed E-state index contributed by atoms with van der Waals surface area (Å²) in [7, 11) is 1.73. The first-order valence-electron chi connectivity index (χ1n) is 5.11. The van der Waals surface area contributed by atoms with Crippen molar-refractivity contribution in [3.8, 4) is 0 Å². The fourth-order valence-corrected chi connectivity index (χ4v) is 2.96. The number of hydrogen-bond donors (Lipinski definition) is 3. The van der Waals surface area contributed by atoms with Crippen LogP contribution in [0.3, 0.4) is 0 Å². The molecule has 0 radical (unpaired) electrons. The molecule has 1 aliphatic carbocycles. The SMILES string of the molecule is CCSC1CCC(NC(=NC)NN)C1. The van der Waals surface area contributed by atoms with Crippen LogP contribution in [0.2, 0.25) is 0 Å². The predicted molar refractivity (Wildman–Crippen MR) is 63.4 cm³/mol. The van der Waals surface area contributed by atoms with E-state index >= 15 is 0 Å². The highest BCUT2D eigenvalue weighted by Gasteiger charge is 2.24. The van der Waals surface area contributed by atoms with E-state index < -0.39 is 0 Å². The molecular weight excluding hydrogens is 196 g/mol. The Labute approximate surface area is 90.1 Å². The van der Waals surface area contributed by atoms with E-state index in [4.69, 9.17) is 5.84 Å². The quantitative estimate of drug-likeness (QED) is 0.281. The Morgan fingerprint density at radius 2 is 2.36 bits per heavy atom. The van der Waals surface area contributed by atoms with E-state index in [-0.39, 0.29) is 0 Å².